The molecular formula is C32H26BBrCl2N4O4. The summed E-state index contributed by atoms with van der Waals surface area (Å²) < 4.78 is 12.6. The van der Waals surface area contributed by atoms with Gasteiger partial charge in [-0.3, -0.25) is 19.6 Å². The summed E-state index contributed by atoms with van der Waals surface area (Å²) in [5.41, 5.74) is 3.59. The van der Waals surface area contributed by atoms with Gasteiger partial charge >= 0.3 is 7.12 Å². The van der Waals surface area contributed by atoms with E-state index in [9.17, 15) is 9.59 Å². The molecule has 12 heteroatoms. The molecule has 1 saturated heterocycles. The molecule has 5 rings (SSSR count). The highest BCUT2D eigenvalue weighted by molar-refractivity contribution is 9.10. The Hall–Kier alpha value is -3.90. The Morgan fingerprint density at radius 2 is 1.27 bits per heavy atom. The van der Waals surface area contributed by atoms with Gasteiger partial charge in [0.25, 0.3) is 0 Å². The number of nitriles is 2. The lowest BCUT2D eigenvalue weighted by Crippen LogP contribution is -2.41. The fraction of sp³-hybridized carbons (Fsp3) is 0.188. The van der Waals surface area contributed by atoms with Gasteiger partial charge in [-0.2, -0.15) is 10.5 Å². The molecule has 1 aliphatic heterocycles. The van der Waals surface area contributed by atoms with Crippen LogP contribution in [0.3, 0.4) is 0 Å². The van der Waals surface area contributed by atoms with E-state index in [0.717, 1.165) is 33.6 Å². The molecule has 0 saturated carbocycles. The van der Waals surface area contributed by atoms with E-state index in [-0.39, 0.29) is 11.2 Å². The summed E-state index contributed by atoms with van der Waals surface area (Å²) in [6.07, 6.45) is 7.81. The molecule has 0 aliphatic carbocycles. The average Bonchev–Trinajstić information content (AvgIpc) is 3.24. The maximum Gasteiger partial charge on any atom is 0.496 e. The molecule has 0 atom stereocenters. The van der Waals surface area contributed by atoms with Crippen LogP contribution in [-0.2, 0) is 9.31 Å². The van der Waals surface area contributed by atoms with Crippen molar-refractivity contribution >= 4 is 64.3 Å². The Balaban J connectivity index is 0.000000187. The smallest absolute Gasteiger partial charge is 0.399 e. The fourth-order valence-corrected chi connectivity index (χ4v) is 4.63. The second-order valence-corrected chi connectivity index (χ2v) is 12.2. The third kappa shape index (κ3) is 8.82. The van der Waals surface area contributed by atoms with Crippen LogP contribution in [0.4, 0.5) is 0 Å². The summed E-state index contributed by atoms with van der Waals surface area (Å²) in [5.74, 6) is 0. The lowest BCUT2D eigenvalue weighted by atomic mass is 9.80. The highest BCUT2D eigenvalue weighted by Gasteiger charge is 2.51. The van der Waals surface area contributed by atoms with Gasteiger partial charge in [0.2, 0.25) is 0 Å². The van der Waals surface area contributed by atoms with Crippen LogP contribution in [0, 0.1) is 22.7 Å². The molecule has 0 unspecified atom stereocenters. The van der Waals surface area contributed by atoms with E-state index in [1.807, 2.05) is 39.8 Å². The highest BCUT2D eigenvalue weighted by atomic mass is 79.9. The molecule has 1 fully saturated rings. The Kier molecular flexibility index (Phi) is 12.0. The molecule has 8 nitrogen and oxygen atoms in total. The number of hydrogen-bond acceptors (Lipinski definition) is 8. The van der Waals surface area contributed by atoms with Crippen LogP contribution in [0.15, 0.2) is 77.8 Å². The molecule has 3 heterocycles. The van der Waals surface area contributed by atoms with E-state index in [1.165, 1.54) is 12.4 Å². The summed E-state index contributed by atoms with van der Waals surface area (Å²) in [5, 5.41) is 18.1. The molecular weight excluding hydrogens is 666 g/mol. The molecule has 2 aromatic heterocycles. The third-order valence-corrected chi connectivity index (χ3v) is 7.93. The van der Waals surface area contributed by atoms with Gasteiger partial charge in [-0.05, 0) is 75.7 Å². The van der Waals surface area contributed by atoms with Crippen molar-refractivity contribution in [1.29, 1.82) is 10.5 Å². The first-order valence-corrected chi connectivity index (χ1v) is 14.6. The first-order chi connectivity index (χ1) is 20.8. The van der Waals surface area contributed by atoms with E-state index in [1.54, 1.807) is 60.9 Å². The molecule has 0 N–H and O–H groups in total. The lowest BCUT2D eigenvalue weighted by Gasteiger charge is -2.32. The van der Waals surface area contributed by atoms with Crippen molar-refractivity contribution in [3.8, 4) is 23.3 Å². The molecule has 4 aromatic rings. The quantitative estimate of drug-likeness (QED) is 0.162. The first kappa shape index (κ1) is 34.6. The number of aromatic nitrogens is 2. The summed E-state index contributed by atoms with van der Waals surface area (Å²) in [7, 11) is -0.465. The van der Waals surface area contributed by atoms with E-state index < -0.39 is 7.12 Å². The number of benzene rings is 2. The Labute approximate surface area is 274 Å². The van der Waals surface area contributed by atoms with Crippen LogP contribution in [-0.4, -0.2) is 40.9 Å². The second-order valence-electron chi connectivity index (χ2n) is 10.4. The summed E-state index contributed by atoms with van der Waals surface area (Å²) in [6, 6.07) is 17.7. The standard InChI is InChI=1S/C13H7ClN2O.C12H16BNO3.C7H3BrClN/c14-13-4-10(1-2-11(13)5-15)12-3-9(8-17)6-16-7-12;1-11(2)12(3,4)17-13(16-11)10-5-9(8-15)6-14-7-10;8-6-2-1-5(4-10)7(9)3-6/h1-4,6-8H;5-8H,1-4H3;1-3H. The van der Waals surface area contributed by atoms with Crippen molar-refractivity contribution < 1.29 is 18.9 Å². The molecule has 0 amide bonds. The van der Waals surface area contributed by atoms with Crippen LogP contribution in [0.1, 0.15) is 59.5 Å². The molecule has 0 bridgehead atoms. The van der Waals surface area contributed by atoms with Crippen molar-refractivity contribution in [2.75, 3.05) is 0 Å². The van der Waals surface area contributed by atoms with E-state index in [0.29, 0.717) is 32.3 Å². The van der Waals surface area contributed by atoms with Gasteiger partial charge in [-0.25, -0.2) is 0 Å². The SMILES string of the molecule is CC1(C)OB(c2cncc(C=O)c2)OC1(C)C.N#Cc1ccc(-c2cncc(C=O)c2)cc1Cl.N#Cc1ccc(Br)cc1Cl. The topological polar surface area (TPSA) is 126 Å². The zero-order chi connectivity index (χ0) is 32.5. The molecule has 222 valence electrons. The van der Waals surface area contributed by atoms with E-state index in [2.05, 4.69) is 25.9 Å². The van der Waals surface area contributed by atoms with Gasteiger partial charge in [0.15, 0.2) is 12.6 Å². The minimum atomic E-state index is -0.465. The number of aldehydes is 2. The van der Waals surface area contributed by atoms with Crippen molar-refractivity contribution in [2.24, 2.45) is 0 Å². The normalized spacial score (nSPS) is 14.1. The number of pyridine rings is 2. The van der Waals surface area contributed by atoms with E-state index in [4.69, 9.17) is 43.0 Å². The number of carbonyl (C=O) groups is 2. The van der Waals surface area contributed by atoms with Gasteiger partial charge in [0.05, 0.1) is 32.4 Å². The predicted molar refractivity (Wildman–Crippen MR) is 174 cm³/mol. The van der Waals surface area contributed by atoms with E-state index >= 15 is 0 Å². The molecule has 44 heavy (non-hydrogen) atoms. The minimum Gasteiger partial charge on any atom is -0.399 e. The maximum absolute atomic E-state index is 10.7. The highest BCUT2D eigenvalue weighted by Crippen LogP contribution is 2.36. The van der Waals surface area contributed by atoms with Crippen LogP contribution in [0.25, 0.3) is 11.1 Å². The van der Waals surface area contributed by atoms with Crippen LogP contribution in [0.2, 0.25) is 10.0 Å². The van der Waals surface area contributed by atoms with Gasteiger partial charge < -0.3 is 9.31 Å². The molecule has 1 aliphatic rings. The monoisotopic (exact) mass is 690 g/mol. The number of carbonyl (C=O) groups excluding carboxylic acids is 2. The van der Waals surface area contributed by atoms with Crippen LogP contribution < -0.4 is 5.46 Å². The van der Waals surface area contributed by atoms with Crippen LogP contribution >= 0.6 is 39.1 Å². The van der Waals surface area contributed by atoms with Gasteiger partial charge in [0, 0.05) is 51.4 Å². The van der Waals surface area contributed by atoms with Crippen molar-refractivity contribution in [1.82, 2.24) is 9.97 Å². The zero-order valence-electron chi connectivity index (χ0n) is 24.2. The zero-order valence-corrected chi connectivity index (χ0v) is 27.3. The Morgan fingerprint density at radius 1 is 0.750 bits per heavy atom. The summed E-state index contributed by atoms with van der Waals surface area (Å²) >= 11 is 14.8. The van der Waals surface area contributed by atoms with Gasteiger partial charge in [-0.1, -0.05) is 45.2 Å². The van der Waals surface area contributed by atoms with Crippen LogP contribution in [0.5, 0.6) is 0 Å². The third-order valence-electron chi connectivity index (χ3n) is 6.81. The Morgan fingerprint density at radius 3 is 1.80 bits per heavy atom. The van der Waals surface area contributed by atoms with Crippen molar-refractivity contribution in [3.63, 3.8) is 0 Å². The Bertz CT molecular complexity index is 1740. The summed E-state index contributed by atoms with van der Waals surface area (Å²) in [4.78, 5) is 29.3. The second kappa shape index (κ2) is 15.2. The minimum absolute atomic E-state index is 0.380. The first-order valence-electron chi connectivity index (χ1n) is 13.0. The van der Waals surface area contributed by atoms with Gasteiger partial charge in [0.1, 0.15) is 12.1 Å². The number of hydrogen-bond donors (Lipinski definition) is 0. The lowest BCUT2D eigenvalue weighted by molar-refractivity contribution is 0.00578. The number of halogens is 3. The predicted octanol–water partition coefficient (Wildman–Crippen LogP) is 7.25. The fourth-order valence-electron chi connectivity index (χ4n) is 3.69. The van der Waals surface area contributed by atoms with Gasteiger partial charge in [-0.15, -0.1) is 0 Å². The molecule has 2 aromatic carbocycles. The maximum atomic E-state index is 10.7. The summed E-state index contributed by atoms with van der Waals surface area (Å²) in [6.45, 7) is 7.96. The largest absolute Gasteiger partial charge is 0.496 e. The number of rotatable bonds is 4. The molecule has 0 radical (unpaired) electrons. The molecule has 0 spiro atoms. The van der Waals surface area contributed by atoms with Crippen molar-refractivity contribution in [2.45, 2.75) is 38.9 Å². The number of nitrogens with zero attached hydrogens (tertiary/aromatic N) is 4. The average molecular weight is 692 g/mol. The van der Waals surface area contributed by atoms with Crippen molar-refractivity contribution in [3.05, 3.63) is 110 Å².